The first kappa shape index (κ1) is 15.0. The highest BCUT2D eigenvalue weighted by Gasteiger charge is 2.12. The number of fused-ring (bicyclic) bond motifs is 1. The van der Waals surface area contributed by atoms with Gasteiger partial charge < -0.3 is 14.6 Å². The fraction of sp³-hybridized carbons (Fsp3) is 0.235. The van der Waals surface area contributed by atoms with Gasteiger partial charge in [0.2, 0.25) is 11.8 Å². The van der Waals surface area contributed by atoms with Gasteiger partial charge in [0.1, 0.15) is 12.4 Å². The molecule has 0 atom stereocenters. The second kappa shape index (κ2) is 6.48. The lowest BCUT2D eigenvalue weighted by molar-refractivity contribution is -0.116. The Labute approximate surface area is 134 Å². The zero-order chi connectivity index (χ0) is 16.2. The average molecular weight is 310 g/mol. The molecule has 1 amide bonds. The number of anilines is 1. The minimum atomic E-state index is -0.116. The first-order valence-corrected chi connectivity index (χ1v) is 7.45. The highest BCUT2D eigenvalue weighted by atomic mass is 16.5. The Hall–Kier alpha value is -2.89. The number of aromatic nitrogens is 3. The summed E-state index contributed by atoms with van der Waals surface area (Å²) in [6.07, 6.45) is 2.34. The Morgan fingerprint density at radius 2 is 2.09 bits per heavy atom. The highest BCUT2D eigenvalue weighted by Crippen LogP contribution is 2.17. The van der Waals surface area contributed by atoms with Gasteiger partial charge in [-0.3, -0.25) is 4.79 Å². The molecule has 0 saturated heterocycles. The Balaban J connectivity index is 1.79. The summed E-state index contributed by atoms with van der Waals surface area (Å²) in [7, 11) is 1.55. The lowest BCUT2D eigenvalue weighted by atomic mass is 10.3. The van der Waals surface area contributed by atoms with Crippen molar-refractivity contribution in [1.29, 1.82) is 0 Å². The Morgan fingerprint density at radius 1 is 1.26 bits per heavy atom. The van der Waals surface area contributed by atoms with Crippen molar-refractivity contribution >= 4 is 22.6 Å². The molecule has 0 spiro atoms. The lowest BCUT2D eigenvalue weighted by Gasteiger charge is -2.09. The summed E-state index contributed by atoms with van der Waals surface area (Å²) < 4.78 is 6.95. The molecule has 1 aromatic carbocycles. The van der Waals surface area contributed by atoms with Crippen LogP contribution in [0.5, 0.6) is 5.88 Å². The van der Waals surface area contributed by atoms with Crippen LogP contribution in [0.2, 0.25) is 0 Å². The molecule has 3 rings (SSSR count). The number of amides is 1. The van der Waals surface area contributed by atoms with Gasteiger partial charge >= 0.3 is 0 Å². The zero-order valence-electron chi connectivity index (χ0n) is 13.1. The number of ether oxygens (including phenoxy) is 1. The van der Waals surface area contributed by atoms with E-state index in [1.54, 1.807) is 25.4 Å². The summed E-state index contributed by atoms with van der Waals surface area (Å²) in [5.41, 5.74) is 2.51. The maximum absolute atomic E-state index is 12.3. The molecule has 0 unspecified atom stereocenters. The molecule has 6 heteroatoms. The van der Waals surface area contributed by atoms with Gasteiger partial charge in [0, 0.05) is 12.5 Å². The standard InChI is InChI=1S/C17H18N4O2/c1-3-15-20-13-6-4-5-7-14(13)21(15)11-16(22)19-12-8-9-17(23-2)18-10-12/h4-10H,3,11H2,1-2H3,(H,19,22). The van der Waals surface area contributed by atoms with Crippen LogP contribution < -0.4 is 10.1 Å². The number of aryl methyl sites for hydroxylation is 1. The van der Waals surface area contributed by atoms with Crippen LogP contribution in [-0.4, -0.2) is 27.6 Å². The van der Waals surface area contributed by atoms with Crippen LogP contribution in [0, 0.1) is 0 Å². The molecule has 118 valence electrons. The Bertz CT molecular complexity index is 824. The molecule has 2 heterocycles. The fourth-order valence-corrected chi connectivity index (χ4v) is 2.49. The van der Waals surface area contributed by atoms with Crippen LogP contribution in [0.4, 0.5) is 5.69 Å². The number of hydrogen-bond donors (Lipinski definition) is 1. The van der Waals surface area contributed by atoms with Crippen molar-refractivity contribution in [1.82, 2.24) is 14.5 Å². The topological polar surface area (TPSA) is 69.0 Å². The van der Waals surface area contributed by atoms with E-state index in [1.165, 1.54) is 0 Å². The molecule has 1 N–H and O–H groups in total. The van der Waals surface area contributed by atoms with Gasteiger partial charge in [-0.25, -0.2) is 9.97 Å². The fourth-order valence-electron chi connectivity index (χ4n) is 2.49. The number of hydrogen-bond acceptors (Lipinski definition) is 4. The van der Waals surface area contributed by atoms with Gasteiger partial charge in [-0.1, -0.05) is 19.1 Å². The van der Waals surface area contributed by atoms with E-state index in [9.17, 15) is 4.79 Å². The van der Waals surface area contributed by atoms with Crippen LogP contribution >= 0.6 is 0 Å². The maximum Gasteiger partial charge on any atom is 0.244 e. The van der Waals surface area contributed by atoms with Gasteiger partial charge in [-0.05, 0) is 18.2 Å². The first-order valence-electron chi connectivity index (χ1n) is 7.45. The molecule has 0 aliphatic heterocycles. The summed E-state index contributed by atoms with van der Waals surface area (Å²) >= 11 is 0. The van der Waals surface area contributed by atoms with Gasteiger partial charge in [-0.15, -0.1) is 0 Å². The quantitative estimate of drug-likeness (QED) is 0.786. The first-order chi connectivity index (χ1) is 11.2. The van der Waals surface area contributed by atoms with Crippen molar-refractivity contribution < 1.29 is 9.53 Å². The molecule has 0 radical (unpaired) electrons. The number of imidazole rings is 1. The van der Waals surface area contributed by atoms with E-state index >= 15 is 0 Å². The average Bonchev–Trinajstić information content (AvgIpc) is 2.93. The van der Waals surface area contributed by atoms with E-state index in [4.69, 9.17) is 4.74 Å². The normalized spacial score (nSPS) is 10.7. The third-order valence-corrected chi connectivity index (χ3v) is 3.58. The predicted molar refractivity (Wildman–Crippen MR) is 88.5 cm³/mol. The predicted octanol–water partition coefficient (Wildman–Crippen LogP) is 2.64. The van der Waals surface area contributed by atoms with Crippen molar-refractivity contribution in [3.63, 3.8) is 0 Å². The molecule has 0 fully saturated rings. The third-order valence-electron chi connectivity index (χ3n) is 3.58. The molecule has 0 saturated carbocycles. The van der Waals surface area contributed by atoms with Crippen LogP contribution in [0.1, 0.15) is 12.7 Å². The van der Waals surface area contributed by atoms with Crippen molar-refractivity contribution in [3.8, 4) is 5.88 Å². The molecule has 2 aromatic heterocycles. The van der Waals surface area contributed by atoms with Crippen molar-refractivity contribution in [2.24, 2.45) is 0 Å². The van der Waals surface area contributed by atoms with Gasteiger partial charge in [-0.2, -0.15) is 0 Å². The number of nitrogens with one attached hydrogen (secondary N) is 1. The summed E-state index contributed by atoms with van der Waals surface area (Å²) in [6, 6.07) is 11.3. The Kier molecular flexibility index (Phi) is 4.23. The maximum atomic E-state index is 12.3. The highest BCUT2D eigenvalue weighted by molar-refractivity contribution is 5.91. The summed E-state index contributed by atoms with van der Waals surface area (Å²) in [5, 5.41) is 2.84. The number of rotatable bonds is 5. The van der Waals surface area contributed by atoms with Crippen molar-refractivity contribution in [2.75, 3.05) is 12.4 Å². The smallest absolute Gasteiger partial charge is 0.244 e. The SMILES string of the molecule is CCc1nc2ccccc2n1CC(=O)Nc1ccc(OC)nc1. The van der Waals surface area contributed by atoms with Gasteiger partial charge in [0.05, 0.1) is 30.0 Å². The number of benzene rings is 1. The molecule has 3 aromatic rings. The van der Waals surface area contributed by atoms with Crippen molar-refractivity contribution in [2.45, 2.75) is 19.9 Å². The van der Waals surface area contributed by atoms with Crippen LogP contribution in [0.3, 0.4) is 0 Å². The van der Waals surface area contributed by atoms with E-state index in [0.29, 0.717) is 11.6 Å². The third kappa shape index (κ3) is 3.15. The lowest BCUT2D eigenvalue weighted by Crippen LogP contribution is -2.20. The second-order valence-corrected chi connectivity index (χ2v) is 5.09. The van der Waals surface area contributed by atoms with E-state index in [0.717, 1.165) is 23.3 Å². The van der Waals surface area contributed by atoms with Crippen molar-refractivity contribution in [3.05, 3.63) is 48.4 Å². The molecule has 0 aliphatic rings. The number of carbonyl (C=O) groups is 1. The summed E-state index contributed by atoms with van der Waals surface area (Å²) in [5.74, 6) is 1.29. The number of carbonyl (C=O) groups excluding carboxylic acids is 1. The molecular weight excluding hydrogens is 292 g/mol. The number of para-hydroxylation sites is 2. The summed E-state index contributed by atoms with van der Waals surface area (Å²) in [4.78, 5) is 21.0. The summed E-state index contributed by atoms with van der Waals surface area (Å²) in [6.45, 7) is 2.25. The minimum absolute atomic E-state index is 0.116. The molecule has 0 aliphatic carbocycles. The zero-order valence-corrected chi connectivity index (χ0v) is 13.1. The van der Waals surface area contributed by atoms with E-state index in [-0.39, 0.29) is 12.5 Å². The minimum Gasteiger partial charge on any atom is -0.481 e. The molecular formula is C17H18N4O2. The van der Waals surface area contributed by atoms with Crippen LogP contribution in [0.15, 0.2) is 42.6 Å². The van der Waals surface area contributed by atoms with E-state index in [2.05, 4.69) is 15.3 Å². The molecule has 6 nitrogen and oxygen atoms in total. The molecule has 0 bridgehead atoms. The monoisotopic (exact) mass is 310 g/mol. The Morgan fingerprint density at radius 3 is 2.78 bits per heavy atom. The largest absolute Gasteiger partial charge is 0.481 e. The second-order valence-electron chi connectivity index (χ2n) is 5.09. The number of nitrogens with zero attached hydrogens (tertiary/aromatic N) is 3. The number of pyridine rings is 1. The van der Waals surface area contributed by atoms with E-state index < -0.39 is 0 Å². The molecule has 23 heavy (non-hydrogen) atoms. The van der Waals surface area contributed by atoms with Gasteiger partial charge in [0.25, 0.3) is 0 Å². The van der Waals surface area contributed by atoms with E-state index in [1.807, 2.05) is 35.8 Å². The van der Waals surface area contributed by atoms with Crippen LogP contribution in [-0.2, 0) is 17.8 Å². The number of methoxy groups -OCH3 is 1. The van der Waals surface area contributed by atoms with Crippen LogP contribution in [0.25, 0.3) is 11.0 Å². The van der Waals surface area contributed by atoms with Gasteiger partial charge in [0.15, 0.2) is 0 Å².